The van der Waals surface area contributed by atoms with E-state index in [4.69, 9.17) is 4.74 Å². The van der Waals surface area contributed by atoms with E-state index in [0.29, 0.717) is 25.4 Å². The lowest BCUT2D eigenvalue weighted by Crippen LogP contribution is -2.39. The van der Waals surface area contributed by atoms with Crippen LogP contribution in [0.1, 0.15) is 12.5 Å². The minimum atomic E-state index is -0.875. The summed E-state index contributed by atoms with van der Waals surface area (Å²) in [5, 5.41) is 20.6. The lowest BCUT2D eigenvalue weighted by molar-refractivity contribution is -0.142. The number of hydrogen-bond acceptors (Lipinski definition) is 6. The number of aliphatic carboxylic acids is 1. The molecule has 0 saturated carbocycles. The van der Waals surface area contributed by atoms with Crippen LogP contribution >= 0.6 is 11.3 Å². The quantitative estimate of drug-likeness (QED) is 0.736. The molecule has 0 amide bonds. The van der Waals surface area contributed by atoms with Gasteiger partial charge in [0.25, 0.3) is 0 Å². The molecule has 134 valence electrons. The van der Waals surface area contributed by atoms with Crippen molar-refractivity contribution in [1.29, 1.82) is 0 Å². The number of phenolic OH excluding ortho intramolecular Hbond substituents is 1. The molecule has 0 saturated heterocycles. The van der Waals surface area contributed by atoms with Gasteiger partial charge in [-0.25, -0.2) is 4.98 Å². The van der Waals surface area contributed by atoms with Crippen LogP contribution in [0.3, 0.4) is 0 Å². The molecule has 1 aromatic heterocycles. The fourth-order valence-electron chi connectivity index (χ4n) is 3.13. The van der Waals surface area contributed by atoms with Gasteiger partial charge in [-0.1, -0.05) is 12.1 Å². The Balaban J connectivity index is 1.75. The largest absolute Gasteiger partial charge is 0.504 e. The van der Waals surface area contributed by atoms with E-state index in [2.05, 4.69) is 4.98 Å². The van der Waals surface area contributed by atoms with Gasteiger partial charge in [-0.2, -0.15) is 0 Å². The van der Waals surface area contributed by atoms with Gasteiger partial charge in [0.1, 0.15) is 17.7 Å². The molecule has 2 N–H and O–H groups in total. The number of thiazole rings is 1. The zero-order valence-corrected chi connectivity index (χ0v) is 15.0. The Hall–Kier alpha value is -2.64. The number of benzene rings is 2. The van der Waals surface area contributed by atoms with Crippen molar-refractivity contribution in [2.24, 2.45) is 0 Å². The van der Waals surface area contributed by atoms with Gasteiger partial charge in [0, 0.05) is 24.2 Å². The predicted octanol–water partition coefficient (Wildman–Crippen LogP) is 3.34. The number of fused-ring (bicyclic) bond motifs is 2. The minimum absolute atomic E-state index is 0.0570. The summed E-state index contributed by atoms with van der Waals surface area (Å²) in [7, 11) is 0. The normalized spacial score (nSPS) is 15.9. The molecular weight excluding hydrogens is 352 g/mol. The minimum Gasteiger partial charge on any atom is -0.504 e. The van der Waals surface area contributed by atoms with E-state index in [1.807, 2.05) is 35.2 Å². The number of para-hydroxylation sites is 1. The molecule has 2 heterocycles. The molecular formula is C19H18N2O4S. The second-order valence-corrected chi connectivity index (χ2v) is 7.33. The van der Waals surface area contributed by atoms with Crippen molar-refractivity contribution in [3.63, 3.8) is 0 Å². The highest BCUT2D eigenvalue weighted by Gasteiger charge is 2.26. The number of aromatic hydroxyl groups is 1. The van der Waals surface area contributed by atoms with Crippen LogP contribution in [-0.4, -0.2) is 45.3 Å². The predicted molar refractivity (Wildman–Crippen MR) is 99.7 cm³/mol. The molecule has 1 atom stereocenters. The Morgan fingerprint density at radius 1 is 1.35 bits per heavy atom. The summed E-state index contributed by atoms with van der Waals surface area (Å²) in [5.74, 6) is -0.392. The van der Waals surface area contributed by atoms with E-state index in [-0.39, 0.29) is 5.75 Å². The number of carboxylic acids is 1. The maximum Gasteiger partial charge on any atom is 0.320 e. The molecule has 3 aromatic rings. The van der Waals surface area contributed by atoms with E-state index >= 15 is 0 Å². The molecule has 1 aliphatic rings. The molecule has 6 nitrogen and oxygen atoms in total. The van der Waals surface area contributed by atoms with Gasteiger partial charge in [0.15, 0.2) is 11.5 Å². The van der Waals surface area contributed by atoms with Crippen LogP contribution in [0.15, 0.2) is 36.4 Å². The highest BCUT2D eigenvalue weighted by atomic mass is 32.1. The first kappa shape index (κ1) is 16.8. The van der Waals surface area contributed by atoms with Crippen molar-refractivity contribution < 1.29 is 19.7 Å². The second-order valence-electron chi connectivity index (χ2n) is 6.30. The number of hydrogen-bond donors (Lipinski definition) is 2. The smallest absolute Gasteiger partial charge is 0.320 e. The number of carbonyl (C=O) groups is 1. The average molecular weight is 370 g/mol. The third kappa shape index (κ3) is 3.00. The highest BCUT2D eigenvalue weighted by Crippen LogP contribution is 2.39. The summed E-state index contributed by atoms with van der Waals surface area (Å²) in [6.45, 7) is 2.87. The molecule has 0 spiro atoms. The fraction of sp³-hybridized carbons (Fsp3) is 0.263. The number of nitrogens with zero attached hydrogens (tertiary/aromatic N) is 2. The van der Waals surface area contributed by atoms with Gasteiger partial charge in [0.05, 0.1) is 10.2 Å². The zero-order chi connectivity index (χ0) is 18.3. The summed E-state index contributed by atoms with van der Waals surface area (Å²) in [4.78, 5) is 17.8. The van der Waals surface area contributed by atoms with Crippen LogP contribution in [-0.2, 0) is 11.3 Å². The maximum atomic E-state index is 11.3. The van der Waals surface area contributed by atoms with Gasteiger partial charge >= 0.3 is 5.97 Å². The molecule has 0 radical (unpaired) electrons. The van der Waals surface area contributed by atoms with Crippen molar-refractivity contribution in [3.8, 4) is 22.1 Å². The summed E-state index contributed by atoms with van der Waals surface area (Å²) in [5.41, 5.74) is 2.49. The molecule has 2 aromatic carbocycles. The van der Waals surface area contributed by atoms with Crippen molar-refractivity contribution in [1.82, 2.24) is 9.88 Å². The summed E-state index contributed by atoms with van der Waals surface area (Å²) in [6.07, 6.45) is 0. The molecule has 0 bridgehead atoms. The molecule has 0 unspecified atom stereocenters. The van der Waals surface area contributed by atoms with Crippen LogP contribution in [0, 0.1) is 0 Å². The van der Waals surface area contributed by atoms with Crippen molar-refractivity contribution >= 4 is 27.5 Å². The lowest BCUT2D eigenvalue weighted by atomic mass is 10.1. The molecule has 1 aliphatic heterocycles. The Labute approximate surface area is 154 Å². The Morgan fingerprint density at radius 2 is 2.15 bits per heavy atom. The third-order valence-electron chi connectivity index (χ3n) is 4.59. The monoisotopic (exact) mass is 370 g/mol. The first-order valence-corrected chi connectivity index (χ1v) is 9.16. The average Bonchev–Trinajstić information content (AvgIpc) is 2.94. The Kier molecular flexibility index (Phi) is 4.26. The van der Waals surface area contributed by atoms with E-state index < -0.39 is 12.0 Å². The number of carboxylic acid groups (broad SMARTS) is 1. The number of ether oxygens (including phenoxy) is 1. The molecule has 7 heteroatoms. The second kappa shape index (κ2) is 6.59. The summed E-state index contributed by atoms with van der Waals surface area (Å²) < 4.78 is 6.77. The van der Waals surface area contributed by atoms with E-state index in [9.17, 15) is 15.0 Å². The van der Waals surface area contributed by atoms with Gasteiger partial charge in [-0.3, -0.25) is 9.69 Å². The van der Waals surface area contributed by atoms with Crippen LogP contribution in [0.25, 0.3) is 20.8 Å². The third-order valence-corrected chi connectivity index (χ3v) is 5.68. The lowest BCUT2D eigenvalue weighted by Gasteiger charge is -2.23. The van der Waals surface area contributed by atoms with E-state index in [1.54, 1.807) is 24.3 Å². The van der Waals surface area contributed by atoms with Crippen molar-refractivity contribution in [2.45, 2.75) is 19.5 Å². The number of aromatic nitrogens is 1. The van der Waals surface area contributed by atoms with Crippen LogP contribution < -0.4 is 4.74 Å². The van der Waals surface area contributed by atoms with E-state index in [1.165, 1.54) is 0 Å². The van der Waals surface area contributed by atoms with E-state index in [0.717, 1.165) is 26.4 Å². The number of rotatable bonds is 3. The highest BCUT2D eigenvalue weighted by molar-refractivity contribution is 7.21. The van der Waals surface area contributed by atoms with Gasteiger partial charge in [0.2, 0.25) is 0 Å². The number of phenols is 1. The molecule has 0 fully saturated rings. The summed E-state index contributed by atoms with van der Waals surface area (Å²) >= 11 is 1.56. The topological polar surface area (TPSA) is 82.9 Å². The van der Waals surface area contributed by atoms with Crippen molar-refractivity contribution in [3.05, 3.63) is 42.0 Å². The SMILES string of the molecule is C[C@H](C(=O)O)N1CCOc2c(O)cc(-c3nc4ccccc4s3)cc2C1. The van der Waals surface area contributed by atoms with Crippen LogP contribution in [0.2, 0.25) is 0 Å². The first-order chi connectivity index (χ1) is 12.5. The Bertz CT molecular complexity index is 952. The van der Waals surface area contributed by atoms with Crippen molar-refractivity contribution in [2.75, 3.05) is 13.2 Å². The first-order valence-electron chi connectivity index (χ1n) is 8.34. The summed E-state index contributed by atoms with van der Waals surface area (Å²) in [6, 6.07) is 10.8. The van der Waals surface area contributed by atoms with Crippen LogP contribution in [0.5, 0.6) is 11.5 Å². The Morgan fingerprint density at radius 3 is 2.92 bits per heavy atom. The van der Waals surface area contributed by atoms with Gasteiger partial charge < -0.3 is 14.9 Å². The van der Waals surface area contributed by atoms with Crippen LogP contribution in [0.4, 0.5) is 0 Å². The zero-order valence-electron chi connectivity index (χ0n) is 14.2. The molecule has 26 heavy (non-hydrogen) atoms. The molecule has 4 rings (SSSR count). The fourth-order valence-corrected chi connectivity index (χ4v) is 4.08. The van der Waals surface area contributed by atoms with Gasteiger partial charge in [-0.05, 0) is 31.2 Å². The molecule has 0 aliphatic carbocycles. The maximum absolute atomic E-state index is 11.3. The standard InChI is InChI=1S/C19H18N2O4S/c1-11(19(23)24)21-6-7-25-17-13(10-21)8-12(9-15(17)22)18-20-14-4-2-3-5-16(14)26-18/h2-5,8-9,11,22H,6-7,10H2,1H3,(H,23,24)/t11-/m1/s1. The van der Waals surface area contributed by atoms with Gasteiger partial charge in [-0.15, -0.1) is 11.3 Å².